The standard InChI is InChI=1S/C5H10O4S/c1-2-5(3-6)4-10(7,8)9/h3,5H,2,4H2,1H3,(H,7,8,9). The highest BCUT2D eigenvalue weighted by Gasteiger charge is 2.13. The predicted octanol–water partition coefficient (Wildman–Crippen LogP) is 0.0993. The monoisotopic (exact) mass is 166 g/mol. The molecule has 1 N–H and O–H groups in total. The van der Waals surface area contributed by atoms with Gasteiger partial charge in [0, 0.05) is 5.92 Å². The van der Waals surface area contributed by atoms with Gasteiger partial charge in [-0.15, -0.1) is 0 Å². The second kappa shape index (κ2) is 3.68. The zero-order valence-corrected chi connectivity index (χ0v) is 6.47. The van der Waals surface area contributed by atoms with Crippen LogP contribution in [0.2, 0.25) is 0 Å². The van der Waals surface area contributed by atoms with E-state index in [2.05, 4.69) is 0 Å². The van der Waals surface area contributed by atoms with Crippen molar-refractivity contribution in [2.75, 3.05) is 5.75 Å². The Morgan fingerprint density at radius 2 is 2.10 bits per heavy atom. The molecule has 0 aromatic heterocycles. The molecule has 0 fully saturated rings. The first-order chi connectivity index (χ1) is 4.49. The molecule has 1 unspecified atom stereocenters. The van der Waals surface area contributed by atoms with Crippen molar-refractivity contribution in [3.05, 3.63) is 0 Å². The lowest BCUT2D eigenvalue weighted by molar-refractivity contribution is -0.110. The van der Waals surface area contributed by atoms with E-state index >= 15 is 0 Å². The highest BCUT2D eigenvalue weighted by Crippen LogP contribution is 2.01. The van der Waals surface area contributed by atoms with Crippen LogP contribution in [0.15, 0.2) is 0 Å². The third kappa shape index (κ3) is 4.46. The van der Waals surface area contributed by atoms with E-state index in [1.807, 2.05) is 0 Å². The Hall–Kier alpha value is -0.420. The van der Waals surface area contributed by atoms with E-state index in [9.17, 15) is 13.2 Å². The van der Waals surface area contributed by atoms with Gasteiger partial charge >= 0.3 is 0 Å². The summed E-state index contributed by atoms with van der Waals surface area (Å²) in [7, 11) is -3.98. The highest BCUT2D eigenvalue weighted by molar-refractivity contribution is 7.85. The molecule has 4 nitrogen and oxygen atoms in total. The van der Waals surface area contributed by atoms with Crippen LogP contribution >= 0.6 is 0 Å². The van der Waals surface area contributed by atoms with Crippen LogP contribution in [-0.4, -0.2) is 25.0 Å². The van der Waals surface area contributed by atoms with Crippen molar-refractivity contribution in [1.29, 1.82) is 0 Å². The minimum absolute atomic E-state index is 0.434. The molecule has 1 atom stereocenters. The summed E-state index contributed by atoms with van der Waals surface area (Å²) < 4.78 is 28.6. The third-order valence-electron chi connectivity index (χ3n) is 1.14. The van der Waals surface area contributed by atoms with Gasteiger partial charge in [0.2, 0.25) is 0 Å². The maximum Gasteiger partial charge on any atom is 0.265 e. The van der Waals surface area contributed by atoms with Gasteiger partial charge in [0.25, 0.3) is 10.1 Å². The van der Waals surface area contributed by atoms with Gasteiger partial charge in [-0.25, -0.2) is 0 Å². The quantitative estimate of drug-likeness (QED) is 0.475. The number of carbonyl (C=O) groups excluding carboxylic acids is 1. The van der Waals surface area contributed by atoms with Crippen molar-refractivity contribution in [1.82, 2.24) is 0 Å². The van der Waals surface area contributed by atoms with E-state index < -0.39 is 21.8 Å². The Bertz CT molecular complexity index is 194. The Labute approximate surface area is 60.0 Å². The molecule has 0 radical (unpaired) electrons. The van der Waals surface area contributed by atoms with E-state index in [0.717, 1.165) is 0 Å². The van der Waals surface area contributed by atoms with Gasteiger partial charge in [0.15, 0.2) is 0 Å². The van der Waals surface area contributed by atoms with E-state index in [-0.39, 0.29) is 0 Å². The van der Waals surface area contributed by atoms with E-state index in [1.165, 1.54) is 0 Å². The van der Waals surface area contributed by atoms with Crippen LogP contribution in [0.1, 0.15) is 13.3 Å². The number of aldehydes is 1. The van der Waals surface area contributed by atoms with Crippen LogP contribution in [0, 0.1) is 5.92 Å². The summed E-state index contributed by atoms with van der Waals surface area (Å²) in [6.07, 6.45) is 0.969. The molecule has 0 spiro atoms. The molecule has 0 bridgehead atoms. The minimum Gasteiger partial charge on any atom is -0.303 e. The minimum atomic E-state index is -3.98. The molecule has 0 aromatic carbocycles. The Kier molecular flexibility index (Phi) is 3.52. The van der Waals surface area contributed by atoms with Gasteiger partial charge in [-0.2, -0.15) is 8.42 Å². The third-order valence-corrected chi connectivity index (χ3v) is 1.99. The molecule has 10 heavy (non-hydrogen) atoms. The molecule has 0 rings (SSSR count). The van der Waals surface area contributed by atoms with E-state index in [0.29, 0.717) is 12.7 Å². The molecule has 0 aliphatic carbocycles. The SMILES string of the molecule is CCC(C=O)CS(=O)(=O)O. The lowest BCUT2D eigenvalue weighted by Crippen LogP contribution is -2.15. The van der Waals surface area contributed by atoms with Crippen molar-refractivity contribution in [2.45, 2.75) is 13.3 Å². The first kappa shape index (κ1) is 9.58. The Balaban J connectivity index is 4.00. The molecule has 0 saturated heterocycles. The van der Waals surface area contributed by atoms with Crippen molar-refractivity contribution >= 4 is 16.4 Å². The maximum atomic E-state index is 10.2. The fraction of sp³-hybridized carbons (Fsp3) is 0.800. The van der Waals surface area contributed by atoms with Crippen molar-refractivity contribution < 1.29 is 17.8 Å². The molecular weight excluding hydrogens is 156 g/mol. The van der Waals surface area contributed by atoms with Crippen LogP contribution in [0.5, 0.6) is 0 Å². The van der Waals surface area contributed by atoms with Gasteiger partial charge in [0.1, 0.15) is 6.29 Å². The summed E-state index contributed by atoms with van der Waals surface area (Å²) in [5.74, 6) is -1.04. The molecule has 60 valence electrons. The molecule has 0 amide bonds. The number of carbonyl (C=O) groups is 1. The lowest BCUT2D eigenvalue weighted by Gasteiger charge is -2.01. The van der Waals surface area contributed by atoms with Gasteiger partial charge in [-0.1, -0.05) is 6.92 Å². The summed E-state index contributed by atoms with van der Waals surface area (Å²) in [5, 5.41) is 0. The number of hydrogen-bond donors (Lipinski definition) is 1. The van der Waals surface area contributed by atoms with Crippen molar-refractivity contribution in [3.8, 4) is 0 Å². The molecule has 0 heterocycles. The maximum absolute atomic E-state index is 10.2. The predicted molar refractivity (Wildman–Crippen MR) is 36.3 cm³/mol. The Morgan fingerprint density at radius 3 is 2.20 bits per heavy atom. The van der Waals surface area contributed by atoms with Crippen LogP contribution in [0.25, 0.3) is 0 Å². The van der Waals surface area contributed by atoms with Crippen molar-refractivity contribution in [3.63, 3.8) is 0 Å². The van der Waals surface area contributed by atoms with Crippen LogP contribution in [0.4, 0.5) is 0 Å². The molecule has 0 aliphatic rings. The smallest absolute Gasteiger partial charge is 0.265 e. The van der Waals surface area contributed by atoms with Crippen LogP contribution in [-0.2, 0) is 14.9 Å². The lowest BCUT2D eigenvalue weighted by atomic mass is 10.1. The van der Waals surface area contributed by atoms with Crippen LogP contribution in [0.3, 0.4) is 0 Å². The van der Waals surface area contributed by atoms with Crippen LogP contribution < -0.4 is 0 Å². The van der Waals surface area contributed by atoms with Gasteiger partial charge < -0.3 is 4.79 Å². The summed E-state index contributed by atoms with van der Waals surface area (Å²) in [6.45, 7) is 1.68. The molecule has 0 saturated carbocycles. The summed E-state index contributed by atoms with van der Waals surface area (Å²) in [4.78, 5) is 10.0. The molecule has 5 heteroatoms. The fourth-order valence-electron chi connectivity index (χ4n) is 0.524. The van der Waals surface area contributed by atoms with E-state index in [4.69, 9.17) is 4.55 Å². The second-order valence-electron chi connectivity index (χ2n) is 2.05. The first-order valence-electron chi connectivity index (χ1n) is 2.90. The normalized spacial score (nSPS) is 14.6. The fourth-order valence-corrected chi connectivity index (χ4v) is 1.38. The molecule has 0 aromatic rings. The summed E-state index contributed by atoms with van der Waals surface area (Å²) >= 11 is 0. The topological polar surface area (TPSA) is 71.4 Å². The first-order valence-corrected chi connectivity index (χ1v) is 4.51. The zero-order valence-electron chi connectivity index (χ0n) is 5.65. The van der Waals surface area contributed by atoms with Gasteiger partial charge in [-0.3, -0.25) is 4.55 Å². The largest absolute Gasteiger partial charge is 0.303 e. The van der Waals surface area contributed by atoms with Gasteiger partial charge in [-0.05, 0) is 6.42 Å². The molecule has 0 aliphatic heterocycles. The second-order valence-corrected chi connectivity index (χ2v) is 3.55. The molecular formula is C5H10O4S. The number of rotatable bonds is 4. The van der Waals surface area contributed by atoms with Crippen molar-refractivity contribution in [2.24, 2.45) is 5.92 Å². The van der Waals surface area contributed by atoms with E-state index in [1.54, 1.807) is 6.92 Å². The van der Waals surface area contributed by atoms with Gasteiger partial charge in [0.05, 0.1) is 5.75 Å². The summed E-state index contributed by atoms with van der Waals surface area (Å²) in [6, 6.07) is 0. The average molecular weight is 166 g/mol. The highest BCUT2D eigenvalue weighted by atomic mass is 32.2. The average Bonchev–Trinajstić information content (AvgIpc) is 1.81. The Morgan fingerprint density at radius 1 is 1.60 bits per heavy atom. The number of hydrogen-bond acceptors (Lipinski definition) is 3. The zero-order chi connectivity index (χ0) is 8.20. The summed E-state index contributed by atoms with van der Waals surface area (Å²) in [5.41, 5.74) is 0.